The summed E-state index contributed by atoms with van der Waals surface area (Å²) in [6.07, 6.45) is 7.87. The minimum absolute atomic E-state index is 0.267. The first-order valence-corrected chi connectivity index (χ1v) is 7.81. The fourth-order valence-corrected chi connectivity index (χ4v) is 3.74. The maximum absolute atomic E-state index is 5.98. The number of benzene rings is 1. The van der Waals surface area contributed by atoms with Crippen molar-refractivity contribution in [3.05, 3.63) is 29.3 Å². The Hall–Kier alpha value is -0.800. The van der Waals surface area contributed by atoms with Crippen molar-refractivity contribution in [2.24, 2.45) is 5.92 Å². The topological polar surface area (TPSA) is 24.1 Å². The number of thiocarbonyl (C=S) groups is 1. The molecule has 0 spiro atoms. The Labute approximate surface area is 124 Å². The average Bonchev–Trinajstić information content (AvgIpc) is 3.12. The second-order valence-corrected chi connectivity index (χ2v) is 6.57. The molecule has 102 valence electrons. The van der Waals surface area contributed by atoms with E-state index in [1.165, 1.54) is 38.5 Å². The van der Waals surface area contributed by atoms with Gasteiger partial charge in [0.25, 0.3) is 0 Å². The third-order valence-corrected chi connectivity index (χ3v) is 4.74. The predicted octanol–water partition coefficient (Wildman–Crippen LogP) is 4.35. The summed E-state index contributed by atoms with van der Waals surface area (Å²) in [6, 6.07) is 7.68. The molecule has 1 aromatic carbocycles. The molecule has 0 amide bonds. The van der Waals surface area contributed by atoms with Crippen LogP contribution in [-0.4, -0.2) is 10.7 Å². The van der Waals surface area contributed by atoms with Crippen molar-refractivity contribution in [1.82, 2.24) is 5.32 Å². The van der Waals surface area contributed by atoms with Gasteiger partial charge in [-0.05, 0) is 62.0 Å². The SMILES string of the molecule is S=C(Nc1cccc(Cl)c1)NC1(C2CC2)CCCC1. The number of nitrogens with one attached hydrogen (secondary N) is 2. The van der Waals surface area contributed by atoms with E-state index in [9.17, 15) is 0 Å². The van der Waals surface area contributed by atoms with Gasteiger partial charge in [0.15, 0.2) is 5.11 Å². The molecular weight excluding hydrogens is 276 g/mol. The molecule has 0 heterocycles. The van der Waals surface area contributed by atoms with Gasteiger partial charge in [-0.2, -0.15) is 0 Å². The van der Waals surface area contributed by atoms with Crippen LogP contribution in [-0.2, 0) is 0 Å². The second kappa shape index (κ2) is 5.29. The molecule has 0 bridgehead atoms. The van der Waals surface area contributed by atoms with Gasteiger partial charge in [-0.3, -0.25) is 0 Å². The molecule has 0 aromatic heterocycles. The van der Waals surface area contributed by atoms with E-state index >= 15 is 0 Å². The standard InChI is InChI=1S/C15H19ClN2S/c16-12-4-3-5-13(10-12)17-14(19)18-15(11-6-7-11)8-1-2-9-15/h3-5,10-11H,1-2,6-9H2,(H2,17,18,19). The minimum Gasteiger partial charge on any atom is -0.357 e. The Bertz CT molecular complexity index is 479. The highest BCUT2D eigenvalue weighted by molar-refractivity contribution is 7.80. The lowest BCUT2D eigenvalue weighted by molar-refractivity contribution is 0.340. The molecule has 2 nitrogen and oxygen atoms in total. The van der Waals surface area contributed by atoms with Gasteiger partial charge in [0.2, 0.25) is 0 Å². The molecule has 19 heavy (non-hydrogen) atoms. The van der Waals surface area contributed by atoms with Crippen LogP contribution in [0.4, 0.5) is 5.69 Å². The summed E-state index contributed by atoms with van der Waals surface area (Å²) in [5, 5.41) is 8.31. The zero-order valence-corrected chi connectivity index (χ0v) is 12.5. The highest BCUT2D eigenvalue weighted by atomic mass is 35.5. The van der Waals surface area contributed by atoms with Crippen molar-refractivity contribution in [1.29, 1.82) is 0 Å². The summed E-state index contributed by atoms with van der Waals surface area (Å²) in [7, 11) is 0. The van der Waals surface area contributed by atoms with E-state index in [4.69, 9.17) is 23.8 Å². The largest absolute Gasteiger partial charge is 0.357 e. The third-order valence-electron chi connectivity index (χ3n) is 4.30. The van der Waals surface area contributed by atoms with Crippen molar-refractivity contribution in [3.63, 3.8) is 0 Å². The van der Waals surface area contributed by atoms with Gasteiger partial charge in [0, 0.05) is 16.2 Å². The molecule has 0 aliphatic heterocycles. The monoisotopic (exact) mass is 294 g/mol. The molecule has 3 rings (SSSR count). The molecule has 0 atom stereocenters. The van der Waals surface area contributed by atoms with Crippen molar-refractivity contribution < 1.29 is 0 Å². The Kier molecular flexibility index (Phi) is 3.68. The molecule has 2 saturated carbocycles. The number of anilines is 1. The lowest BCUT2D eigenvalue weighted by Gasteiger charge is -2.32. The number of hydrogen-bond donors (Lipinski definition) is 2. The predicted molar refractivity (Wildman–Crippen MR) is 84.7 cm³/mol. The van der Waals surface area contributed by atoms with Crippen LogP contribution in [0.25, 0.3) is 0 Å². The maximum atomic E-state index is 5.98. The van der Waals surface area contributed by atoms with Gasteiger partial charge in [-0.1, -0.05) is 30.5 Å². The summed E-state index contributed by atoms with van der Waals surface area (Å²) in [5.74, 6) is 0.828. The van der Waals surface area contributed by atoms with Gasteiger partial charge in [-0.15, -0.1) is 0 Å². The quantitative estimate of drug-likeness (QED) is 0.811. The lowest BCUT2D eigenvalue weighted by atomic mass is 9.91. The van der Waals surface area contributed by atoms with E-state index in [1.54, 1.807) is 0 Å². The van der Waals surface area contributed by atoms with Crippen LogP contribution in [0.1, 0.15) is 38.5 Å². The fraction of sp³-hybridized carbons (Fsp3) is 0.533. The molecule has 1 aromatic rings. The summed E-state index contributed by atoms with van der Waals surface area (Å²) in [6.45, 7) is 0. The Balaban J connectivity index is 1.64. The normalized spacial score (nSPS) is 21.1. The molecule has 2 fully saturated rings. The molecular formula is C15H19ClN2S. The van der Waals surface area contributed by atoms with Crippen molar-refractivity contribution in [2.45, 2.75) is 44.1 Å². The molecule has 0 saturated heterocycles. The summed E-state index contributed by atoms with van der Waals surface area (Å²) in [4.78, 5) is 0. The van der Waals surface area contributed by atoms with E-state index in [-0.39, 0.29) is 5.54 Å². The Morgan fingerprint density at radius 3 is 2.63 bits per heavy atom. The summed E-state index contributed by atoms with van der Waals surface area (Å²) < 4.78 is 0. The first-order chi connectivity index (χ1) is 9.18. The van der Waals surface area contributed by atoms with Crippen LogP contribution in [0.2, 0.25) is 5.02 Å². The van der Waals surface area contributed by atoms with E-state index in [0.717, 1.165) is 21.7 Å². The van der Waals surface area contributed by atoms with E-state index in [2.05, 4.69) is 10.6 Å². The van der Waals surface area contributed by atoms with Crippen LogP contribution in [0.5, 0.6) is 0 Å². The highest BCUT2D eigenvalue weighted by Gasteiger charge is 2.47. The molecule has 2 N–H and O–H groups in total. The zero-order valence-electron chi connectivity index (χ0n) is 10.9. The first kappa shape index (κ1) is 13.2. The highest BCUT2D eigenvalue weighted by Crippen LogP contribution is 2.48. The number of hydrogen-bond acceptors (Lipinski definition) is 1. The first-order valence-electron chi connectivity index (χ1n) is 7.03. The van der Waals surface area contributed by atoms with Crippen molar-refractivity contribution in [2.75, 3.05) is 5.32 Å². The van der Waals surface area contributed by atoms with Crippen molar-refractivity contribution >= 4 is 34.6 Å². The number of rotatable bonds is 3. The molecule has 2 aliphatic carbocycles. The van der Waals surface area contributed by atoms with Gasteiger partial charge in [0.05, 0.1) is 0 Å². The maximum Gasteiger partial charge on any atom is 0.171 e. The zero-order chi connectivity index (χ0) is 13.3. The van der Waals surface area contributed by atoms with E-state index < -0.39 is 0 Å². The molecule has 2 aliphatic rings. The van der Waals surface area contributed by atoms with Gasteiger partial charge < -0.3 is 10.6 Å². The van der Waals surface area contributed by atoms with Gasteiger partial charge >= 0.3 is 0 Å². The van der Waals surface area contributed by atoms with E-state index in [1.807, 2.05) is 24.3 Å². The number of halogens is 1. The summed E-state index contributed by atoms with van der Waals surface area (Å²) >= 11 is 11.5. The van der Waals surface area contributed by atoms with Crippen LogP contribution in [0, 0.1) is 5.92 Å². The van der Waals surface area contributed by atoms with Crippen LogP contribution in [0.15, 0.2) is 24.3 Å². The Morgan fingerprint density at radius 2 is 2.00 bits per heavy atom. The Morgan fingerprint density at radius 1 is 1.26 bits per heavy atom. The van der Waals surface area contributed by atoms with Crippen molar-refractivity contribution in [3.8, 4) is 0 Å². The molecule has 4 heteroatoms. The van der Waals surface area contributed by atoms with Crippen LogP contribution in [0.3, 0.4) is 0 Å². The molecule has 0 radical (unpaired) electrons. The van der Waals surface area contributed by atoms with Crippen LogP contribution >= 0.6 is 23.8 Å². The fourth-order valence-electron chi connectivity index (χ4n) is 3.23. The lowest BCUT2D eigenvalue weighted by Crippen LogP contribution is -2.49. The third kappa shape index (κ3) is 3.03. The smallest absolute Gasteiger partial charge is 0.171 e. The average molecular weight is 295 g/mol. The second-order valence-electron chi connectivity index (χ2n) is 5.73. The van der Waals surface area contributed by atoms with E-state index in [0.29, 0.717) is 0 Å². The van der Waals surface area contributed by atoms with Gasteiger partial charge in [0.1, 0.15) is 0 Å². The summed E-state index contributed by atoms with van der Waals surface area (Å²) in [5.41, 5.74) is 1.22. The molecule has 0 unspecified atom stereocenters. The van der Waals surface area contributed by atoms with Crippen LogP contribution < -0.4 is 10.6 Å². The minimum atomic E-state index is 0.267. The van der Waals surface area contributed by atoms with Gasteiger partial charge in [-0.25, -0.2) is 0 Å².